The van der Waals surface area contributed by atoms with Crippen molar-refractivity contribution in [3.63, 3.8) is 0 Å². The first-order valence-electron chi connectivity index (χ1n) is 18.6. The van der Waals surface area contributed by atoms with Gasteiger partial charge < -0.3 is 28.6 Å². The van der Waals surface area contributed by atoms with Crippen LogP contribution in [0.25, 0.3) is 0 Å². The van der Waals surface area contributed by atoms with Crippen molar-refractivity contribution in [2.75, 3.05) is 60.4 Å². The lowest BCUT2D eigenvalue weighted by Crippen LogP contribution is -2.34. The zero-order chi connectivity index (χ0) is 37.5. The fourth-order valence-electron chi connectivity index (χ4n) is 8.02. The second-order valence-corrected chi connectivity index (χ2v) is 14.7. The zero-order valence-electron chi connectivity index (χ0n) is 31.8. The van der Waals surface area contributed by atoms with Crippen LogP contribution in [-0.4, -0.2) is 71.3 Å². The molecule has 54 heavy (non-hydrogen) atoms. The molecule has 0 spiro atoms. The molecule has 9 rings (SSSR count). The maximum Gasteiger partial charge on any atom is 0.343 e. The summed E-state index contributed by atoms with van der Waals surface area (Å²) >= 11 is 0. The first-order valence-corrected chi connectivity index (χ1v) is 18.6. The number of hydrogen-bond acceptors (Lipinski definition) is 9. The van der Waals surface area contributed by atoms with Gasteiger partial charge in [0.25, 0.3) is 0 Å². The number of esters is 1. The molecule has 5 aromatic rings. The molecular formula is C45H47N3O6. The zero-order valence-corrected chi connectivity index (χ0v) is 31.8. The lowest BCUT2D eigenvalue weighted by atomic mass is 9.87. The Morgan fingerprint density at radius 1 is 0.704 bits per heavy atom. The van der Waals surface area contributed by atoms with E-state index in [0.29, 0.717) is 40.7 Å². The van der Waals surface area contributed by atoms with Crippen molar-refractivity contribution in [2.45, 2.75) is 37.8 Å². The molecule has 4 heterocycles. The predicted octanol–water partition coefficient (Wildman–Crippen LogP) is 8.43. The quantitative estimate of drug-likeness (QED) is 0.131. The first-order chi connectivity index (χ1) is 26.2. The SMILES string of the molecule is COc1ccc2cc1Oc1ccc(cc1)C[C@H]1c3cc(ccc3CCN1C)Oc1c(OC(=O)c3ccc(N(C)C)cc3)c(OC)cc3c1[C@H](C2)N(C)CC3. The van der Waals surface area contributed by atoms with E-state index >= 15 is 0 Å². The van der Waals surface area contributed by atoms with Crippen LogP contribution in [0, 0.1) is 0 Å². The van der Waals surface area contributed by atoms with Crippen molar-refractivity contribution >= 4 is 11.7 Å². The fraction of sp³-hybridized carbons (Fsp3) is 0.311. The Kier molecular flexibility index (Phi) is 9.68. The van der Waals surface area contributed by atoms with Gasteiger partial charge in [0.15, 0.2) is 23.0 Å². The lowest BCUT2D eigenvalue weighted by Gasteiger charge is -2.37. The molecule has 0 aromatic heterocycles. The van der Waals surface area contributed by atoms with Gasteiger partial charge in [-0.2, -0.15) is 0 Å². The molecule has 9 heteroatoms. The molecule has 0 unspecified atom stereocenters. The number of hydrogen-bond donors (Lipinski definition) is 0. The second-order valence-electron chi connectivity index (χ2n) is 14.7. The van der Waals surface area contributed by atoms with E-state index in [2.05, 4.69) is 60.3 Å². The highest BCUT2D eigenvalue weighted by Crippen LogP contribution is 2.51. The van der Waals surface area contributed by atoms with Gasteiger partial charge in [-0.05, 0) is 134 Å². The van der Waals surface area contributed by atoms with Crippen molar-refractivity contribution in [2.24, 2.45) is 0 Å². The maximum atomic E-state index is 13.9. The summed E-state index contributed by atoms with van der Waals surface area (Å²) in [5, 5.41) is 0. The minimum Gasteiger partial charge on any atom is -0.493 e. The van der Waals surface area contributed by atoms with Gasteiger partial charge in [0.05, 0.1) is 19.8 Å². The van der Waals surface area contributed by atoms with Crippen molar-refractivity contribution < 1.29 is 28.5 Å². The summed E-state index contributed by atoms with van der Waals surface area (Å²) in [6.07, 6.45) is 3.19. The summed E-state index contributed by atoms with van der Waals surface area (Å²) in [7, 11) is 11.5. The molecule has 278 valence electrons. The van der Waals surface area contributed by atoms with Gasteiger partial charge in [-0.3, -0.25) is 9.80 Å². The Morgan fingerprint density at radius 3 is 2.09 bits per heavy atom. The molecule has 0 fully saturated rings. The van der Waals surface area contributed by atoms with Crippen LogP contribution in [-0.2, 0) is 25.7 Å². The molecule has 0 saturated heterocycles. The summed E-state index contributed by atoms with van der Waals surface area (Å²) in [5.74, 6) is 3.44. The van der Waals surface area contributed by atoms with Crippen molar-refractivity contribution in [3.8, 4) is 40.2 Å². The van der Waals surface area contributed by atoms with Crippen LogP contribution in [0.4, 0.5) is 5.69 Å². The van der Waals surface area contributed by atoms with E-state index in [4.69, 9.17) is 23.7 Å². The van der Waals surface area contributed by atoms with E-state index in [0.717, 1.165) is 60.5 Å². The van der Waals surface area contributed by atoms with Gasteiger partial charge in [0.1, 0.15) is 11.5 Å². The van der Waals surface area contributed by atoms with Crippen LogP contribution in [0.2, 0.25) is 0 Å². The Balaban J connectivity index is 1.31. The number of ether oxygens (including phenoxy) is 5. The lowest BCUT2D eigenvalue weighted by molar-refractivity contribution is 0.0724. The largest absolute Gasteiger partial charge is 0.493 e. The highest BCUT2D eigenvalue weighted by atomic mass is 16.6. The molecular weight excluding hydrogens is 679 g/mol. The predicted molar refractivity (Wildman–Crippen MR) is 210 cm³/mol. The number of likely N-dealkylation sites (N-methyl/N-ethyl adjacent to an activating group) is 2. The Morgan fingerprint density at radius 2 is 1.37 bits per heavy atom. The number of carbonyl (C=O) groups is 1. The molecule has 0 saturated carbocycles. The Labute approximate surface area is 317 Å². The molecule has 2 atom stereocenters. The van der Waals surface area contributed by atoms with E-state index in [-0.39, 0.29) is 17.8 Å². The molecule has 0 amide bonds. The number of fused-ring (bicyclic) bond motifs is 2. The summed E-state index contributed by atoms with van der Waals surface area (Å²) in [6, 6.07) is 30.3. The van der Waals surface area contributed by atoms with Gasteiger partial charge >= 0.3 is 5.97 Å². The monoisotopic (exact) mass is 725 g/mol. The summed E-state index contributed by atoms with van der Waals surface area (Å²) in [4.78, 5) is 20.7. The molecule has 9 nitrogen and oxygen atoms in total. The van der Waals surface area contributed by atoms with Gasteiger partial charge in [-0.15, -0.1) is 0 Å². The number of benzene rings is 5. The van der Waals surface area contributed by atoms with Crippen molar-refractivity contribution in [3.05, 3.63) is 130 Å². The highest BCUT2D eigenvalue weighted by Gasteiger charge is 2.35. The fourth-order valence-corrected chi connectivity index (χ4v) is 8.02. The van der Waals surface area contributed by atoms with Crippen LogP contribution >= 0.6 is 0 Å². The normalized spacial score (nSPS) is 18.0. The van der Waals surface area contributed by atoms with Crippen LogP contribution < -0.4 is 28.6 Å². The van der Waals surface area contributed by atoms with Gasteiger partial charge in [-0.25, -0.2) is 4.79 Å². The molecule has 0 radical (unpaired) electrons. The third-order valence-electron chi connectivity index (χ3n) is 11.2. The molecule has 0 aliphatic carbocycles. The Hall–Kier alpha value is -5.51. The number of carbonyl (C=O) groups excluding carboxylic acids is 1. The van der Waals surface area contributed by atoms with Gasteiger partial charge in [0, 0.05) is 50.5 Å². The van der Waals surface area contributed by atoms with E-state index in [1.165, 1.54) is 16.7 Å². The Bertz CT molecular complexity index is 2180. The van der Waals surface area contributed by atoms with E-state index in [1.807, 2.05) is 61.5 Å². The minimum absolute atomic E-state index is 0.123. The topological polar surface area (TPSA) is 72.9 Å². The highest BCUT2D eigenvalue weighted by molar-refractivity contribution is 5.92. The van der Waals surface area contributed by atoms with E-state index in [9.17, 15) is 4.79 Å². The second kappa shape index (κ2) is 14.7. The summed E-state index contributed by atoms with van der Waals surface area (Å²) in [5.41, 5.74) is 8.29. The average Bonchev–Trinajstić information content (AvgIpc) is 3.18. The first kappa shape index (κ1) is 35.5. The minimum atomic E-state index is -0.492. The smallest absolute Gasteiger partial charge is 0.343 e. The third kappa shape index (κ3) is 6.85. The summed E-state index contributed by atoms with van der Waals surface area (Å²) < 4.78 is 31.6. The molecule has 4 aliphatic rings. The van der Waals surface area contributed by atoms with Crippen LogP contribution in [0.1, 0.15) is 55.8 Å². The molecule has 6 bridgehead atoms. The number of methoxy groups -OCH3 is 2. The molecule has 0 N–H and O–H groups in total. The van der Waals surface area contributed by atoms with Crippen molar-refractivity contribution in [1.82, 2.24) is 9.80 Å². The average molecular weight is 726 g/mol. The van der Waals surface area contributed by atoms with E-state index < -0.39 is 5.97 Å². The molecule has 5 aromatic carbocycles. The third-order valence-corrected chi connectivity index (χ3v) is 11.2. The summed E-state index contributed by atoms with van der Waals surface area (Å²) in [6.45, 7) is 1.79. The van der Waals surface area contributed by atoms with E-state index in [1.54, 1.807) is 26.4 Å². The van der Waals surface area contributed by atoms with Crippen LogP contribution in [0.5, 0.6) is 40.2 Å². The number of rotatable bonds is 5. The number of nitrogens with zero attached hydrogens (tertiary/aromatic N) is 3. The van der Waals surface area contributed by atoms with Gasteiger partial charge in [0.2, 0.25) is 5.75 Å². The van der Waals surface area contributed by atoms with Crippen LogP contribution in [0.15, 0.2) is 91.0 Å². The van der Waals surface area contributed by atoms with Crippen LogP contribution in [0.3, 0.4) is 0 Å². The molecule has 4 aliphatic heterocycles. The van der Waals surface area contributed by atoms with Gasteiger partial charge in [-0.1, -0.05) is 24.3 Å². The standard InChI is InChI=1S/C45H47N3O6/c1-46(2)33-13-10-31(11-14-33)45(49)54-43-41(51-6)26-32-20-22-48(4)38-24-29-9-18-39(50-5)40(25-29)52-34-15-7-28(8-16-34)23-37-36-27-35(53-44(43)42(32)38)17-12-30(36)19-21-47(37)3/h7-18,25-27,37-38H,19-24H2,1-6H3/t37-,38-/m0/s1. The number of anilines is 1. The van der Waals surface area contributed by atoms with Crippen molar-refractivity contribution in [1.29, 1.82) is 0 Å². The maximum absolute atomic E-state index is 13.9.